The minimum atomic E-state index is -0.635. The predicted octanol–water partition coefficient (Wildman–Crippen LogP) is 2.35. The maximum Gasteiger partial charge on any atom is 0.269 e. The van der Waals surface area contributed by atoms with E-state index in [0.29, 0.717) is 28.0 Å². The van der Waals surface area contributed by atoms with Gasteiger partial charge in [0.05, 0.1) is 28.7 Å². The first kappa shape index (κ1) is 19.9. The number of rotatable bonds is 7. The summed E-state index contributed by atoms with van der Waals surface area (Å²) in [5.74, 6) is 0.435. The van der Waals surface area contributed by atoms with Crippen LogP contribution in [0.15, 0.2) is 30.7 Å². The Balaban J connectivity index is 1.37. The van der Waals surface area contributed by atoms with Crippen molar-refractivity contribution >= 4 is 29.1 Å². The molecule has 3 rings (SSSR count). The van der Waals surface area contributed by atoms with Gasteiger partial charge in [0.2, 0.25) is 0 Å². The summed E-state index contributed by atoms with van der Waals surface area (Å²) >= 11 is 11.9. The van der Waals surface area contributed by atoms with E-state index in [4.69, 9.17) is 27.9 Å². The van der Waals surface area contributed by atoms with Crippen molar-refractivity contribution in [2.75, 3.05) is 26.2 Å². The van der Waals surface area contributed by atoms with E-state index in [2.05, 4.69) is 20.2 Å². The largest absolute Gasteiger partial charge is 0.490 e. The Morgan fingerprint density at radius 3 is 2.81 bits per heavy atom. The number of piperidine rings is 1. The molecule has 2 heterocycles. The lowest BCUT2D eigenvalue weighted by atomic mass is 10.1. The van der Waals surface area contributed by atoms with Crippen LogP contribution in [-0.4, -0.2) is 64.3 Å². The van der Waals surface area contributed by atoms with Crippen LogP contribution in [0, 0.1) is 0 Å². The first-order chi connectivity index (χ1) is 13.0. The fraction of sp³-hybridized carbons (Fsp3) is 0.444. The number of carbonyl (C=O) groups is 1. The van der Waals surface area contributed by atoms with Crippen LogP contribution in [0.25, 0.3) is 0 Å². The Bertz CT molecular complexity index is 749. The normalized spacial score (nSPS) is 16.9. The number of benzene rings is 1. The number of aromatic nitrogens is 2. The number of H-pyrrole nitrogens is 1. The van der Waals surface area contributed by atoms with Crippen LogP contribution in [-0.2, 0) is 0 Å². The van der Waals surface area contributed by atoms with Crippen molar-refractivity contribution in [3.05, 3.63) is 46.5 Å². The molecule has 1 fully saturated rings. The number of β-amino-alcohol motifs (C(OH)–C–C–N with tert-alkyl or cyclic N) is 1. The highest BCUT2D eigenvalue weighted by molar-refractivity contribution is 6.42. The maximum absolute atomic E-state index is 11.8. The molecule has 0 radical (unpaired) electrons. The van der Waals surface area contributed by atoms with Crippen molar-refractivity contribution in [2.24, 2.45) is 0 Å². The van der Waals surface area contributed by atoms with E-state index in [1.165, 1.54) is 12.5 Å². The van der Waals surface area contributed by atoms with Crippen LogP contribution >= 0.6 is 23.2 Å². The Morgan fingerprint density at radius 1 is 1.37 bits per heavy atom. The van der Waals surface area contributed by atoms with Gasteiger partial charge in [0.15, 0.2) is 0 Å². The van der Waals surface area contributed by atoms with Gasteiger partial charge >= 0.3 is 0 Å². The van der Waals surface area contributed by atoms with Crippen LogP contribution in [0.2, 0.25) is 10.0 Å². The van der Waals surface area contributed by atoms with Gasteiger partial charge in [-0.25, -0.2) is 4.98 Å². The fourth-order valence-electron chi connectivity index (χ4n) is 3.00. The average molecular weight is 413 g/mol. The van der Waals surface area contributed by atoms with Crippen molar-refractivity contribution in [1.29, 1.82) is 0 Å². The van der Waals surface area contributed by atoms with E-state index in [0.717, 1.165) is 25.9 Å². The molecule has 1 aromatic heterocycles. The number of hydrogen-bond donors (Lipinski definition) is 3. The molecular formula is C18H22Cl2N4O3. The van der Waals surface area contributed by atoms with E-state index in [1.54, 1.807) is 12.1 Å². The summed E-state index contributed by atoms with van der Waals surface area (Å²) in [4.78, 5) is 20.5. The predicted molar refractivity (Wildman–Crippen MR) is 103 cm³/mol. The number of amides is 1. The smallest absolute Gasteiger partial charge is 0.269 e. The molecule has 0 aliphatic carbocycles. The second kappa shape index (κ2) is 9.41. The lowest BCUT2D eigenvalue weighted by molar-refractivity contribution is 0.0593. The highest BCUT2D eigenvalue weighted by Crippen LogP contribution is 2.28. The molecule has 1 aromatic carbocycles. The topological polar surface area (TPSA) is 90.5 Å². The first-order valence-electron chi connectivity index (χ1n) is 8.80. The van der Waals surface area contributed by atoms with Gasteiger partial charge in [0.25, 0.3) is 5.91 Å². The van der Waals surface area contributed by atoms with Crippen molar-refractivity contribution in [1.82, 2.24) is 20.2 Å². The van der Waals surface area contributed by atoms with E-state index in [1.807, 2.05) is 6.07 Å². The number of nitrogens with one attached hydrogen (secondary N) is 2. The third-order valence-electron chi connectivity index (χ3n) is 4.44. The van der Waals surface area contributed by atoms with Crippen molar-refractivity contribution in [2.45, 2.75) is 25.0 Å². The number of aliphatic hydroxyl groups excluding tert-OH is 1. The molecule has 9 heteroatoms. The van der Waals surface area contributed by atoms with Gasteiger partial charge in [-0.05, 0) is 25.0 Å². The quantitative estimate of drug-likeness (QED) is 0.649. The van der Waals surface area contributed by atoms with Gasteiger partial charge in [0, 0.05) is 32.2 Å². The van der Waals surface area contributed by atoms with Gasteiger partial charge in [0.1, 0.15) is 17.5 Å². The molecule has 3 N–H and O–H groups in total. The Labute approximate surface area is 167 Å². The average Bonchev–Trinajstić information content (AvgIpc) is 3.19. The Hall–Kier alpha value is -1.80. The lowest BCUT2D eigenvalue weighted by Gasteiger charge is -2.33. The van der Waals surface area contributed by atoms with E-state index in [9.17, 15) is 9.90 Å². The SMILES string of the molecule is O=C(NC[C@@H](O)CN1CCC(Oc2ccc(Cl)c(Cl)c2)CC1)c1cnc[nH]1. The zero-order valence-corrected chi connectivity index (χ0v) is 16.2. The number of ether oxygens (including phenoxy) is 1. The zero-order valence-electron chi connectivity index (χ0n) is 14.7. The van der Waals surface area contributed by atoms with Gasteiger partial charge < -0.3 is 25.0 Å². The molecule has 2 aromatic rings. The molecule has 27 heavy (non-hydrogen) atoms. The number of carbonyl (C=O) groups excluding carboxylic acids is 1. The molecule has 1 aliphatic heterocycles. The number of likely N-dealkylation sites (tertiary alicyclic amines) is 1. The molecule has 1 atom stereocenters. The number of imidazole rings is 1. The van der Waals surface area contributed by atoms with Crippen LogP contribution in [0.1, 0.15) is 23.3 Å². The summed E-state index contributed by atoms with van der Waals surface area (Å²) in [7, 11) is 0. The second-order valence-electron chi connectivity index (χ2n) is 6.52. The van der Waals surface area contributed by atoms with Crippen molar-refractivity contribution in [3.8, 4) is 5.75 Å². The van der Waals surface area contributed by atoms with Crippen molar-refractivity contribution < 1.29 is 14.6 Å². The standard InChI is InChI=1S/C18H22Cl2N4O3/c19-15-2-1-14(7-16(15)20)27-13-3-5-24(6-4-13)10-12(25)8-22-18(26)17-9-21-11-23-17/h1-2,7,9,11-13,25H,3-6,8,10H2,(H,21,23)(H,22,26)/t12-/m1/s1. The minimum Gasteiger partial charge on any atom is -0.490 e. The first-order valence-corrected chi connectivity index (χ1v) is 9.55. The molecule has 0 saturated carbocycles. The highest BCUT2D eigenvalue weighted by Gasteiger charge is 2.22. The minimum absolute atomic E-state index is 0.107. The highest BCUT2D eigenvalue weighted by atomic mass is 35.5. The van der Waals surface area contributed by atoms with E-state index >= 15 is 0 Å². The number of aromatic amines is 1. The van der Waals surface area contributed by atoms with E-state index < -0.39 is 6.10 Å². The number of nitrogens with zero attached hydrogens (tertiary/aromatic N) is 2. The van der Waals surface area contributed by atoms with Crippen LogP contribution in [0.3, 0.4) is 0 Å². The molecule has 0 unspecified atom stereocenters. The van der Waals surface area contributed by atoms with Crippen LogP contribution in [0.5, 0.6) is 5.75 Å². The van der Waals surface area contributed by atoms with Gasteiger partial charge in [-0.3, -0.25) is 4.79 Å². The molecule has 1 aliphatic rings. The molecule has 146 valence electrons. The van der Waals surface area contributed by atoms with Crippen molar-refractivity contribution in [3.63, 3.8) is 0 Å². The Morgan fingerprint density at radius 2 is 2.15 bits per heavy atom. The molecule has 7 nitrogen and oxygen atoms in total. The monoisotopic (exact) mass is 412 g/mol. The van der Waals surface area contributed by atoms with Crippen LogP contribution in [0.4, 0.5) is 0 Å². The molecule has 0 spiro atoms. The summed E-state index contributed by atoms with van der Waals surface area (Å²) in [5.41, 5.74) is 0.377. The van der Waals surface area contributed by atoms with Gasteiger partial charge in [-0.2, -0.15) is 0 Å². The summed E-state index contributed by atoms with van der Waals surface area (Å²) in [6.45, 7) is 2.33. The fourth-order valence-corrected chi connectivity index (χ4v) is 3.29. The molecule has 1 amide bonds. The van der Waals surface area contributed by atoms with Crippen LogP contribution < -0.4 is 10.1 Å². The summed E-state index contributed by atoms with van der Waals surface area (Å²) < 4.78 is 5.97. The summed E-state index contributed by atoms with van der Waals surface area (Å²) in [6.07, 6.45) is 4.07. The van der Waals surface area contributed by atoms with Gasteiger partial charge in [-0.15, -0.1) is 0 Å². The third kappa shape index (κ3) is 5.84. The molecule has 0 bridgehead atoms. The Kier molecular flexibility index (Phi) is 6.95. The van der Waals surface area contributed by atoms with E-state index in [-0.39, 0.29) is 18.6 Å². The second-order valence-corrected chi connectivity index (χ2v) is 7.34. The summed E-state index contributed by atoms with van der Waals surface area (Å²) in [5, 5.41) is 13.8. The maximum atomic E-state index is 11.8. The third-order valence-corrected chi connectivity index (χ3v) is 5.18. The number of halogens is 2. The van der Waals surface area contributed by atoms with Gasteiger partial charge in [-0.1, -0.05) is 23.2 Å². The zero-order chi connectivity index (χ0) is 19.2. The summed E-state index contributed by atoms with van der Waals surface area (Å²) in [6, 6.07) is 5.26. The lowest BCUT2D eigenvalue weighted by Crippen LogP contribution is -2.45. The number of hydrogen-bond acceptors (Lipinski definition) is 5. The molecular weight excluding hydrogens is 391 g/mol. The molecule has 1 saturated heterocycles. The number of aliphatic hydroxyl groups is 1.